The number of aliphatic carboxylic acids is 1. The standard InChI is InChI=1S/C18H25NO5S/c1-13(2)25(23,24)16-8-4-3-7-15(16)18(22)19-11-5-6-14(12-19)9-10-17(20)21/h3-4,7-8,13-14H,5-6,9-12H2,1-2H3,(H,20,21). The summed E-state index contributed by atoms with van der Waals surface area (Å²) >= 11 is 0. The third-order valence-corrected chi connectivity index (χ3v) is 6.83. The Labute approximate surface area is 148 Å². The molecule has 1 amide bonds. The molecule has 6 nitrogen and oxygen atoms in total. The van der Waals surface area contributed by atoms with Gasteiger partial charge >= 0.3 is 5.97 Å². The van der Waals surface area contributed by atoms with Crippen molar-refractivity contribution >= 4 is 21.7 Å². The number of piperidine rings is 1. The lowest BCUT2D eigenvalue weighted by molar-refractivity contribution is -0.137. The van der Waals surface area contributed by atoms with Crippen LogP contribution in [0.25, 0.3) is 0 Å². The number of carbonyl (C=O) groups excluding carboxylic acids is 1. The Morgan fingerprint density at radius 2 is 1.96 bits per heavy atom. The summed E-state index contributed by atoms with van der Waals surface area (Å²) < 4.78 is 25.1. The van der Waals surface area contributed by atoms with Crippen LogP contribution in [0, 0.1) is 5.92 Å². The molecule has 1 aliphatic rings. The molecule has 25 heavy (non-hydrogen) atoms. The molecule has 1 fully saturated rings. The molecule has 1 unspecified atom stereocenters. The second-order valence-corrected chi connectivity index (χ2v) is 9.25. The van der Waals surface area contributed by atoms with Gasteiger partial charge in [-0.25, -0.2) is 8.42 Å². The highest BCUT2D eigenvalue weighted by Crippen LogP contribution is 2.26. The minimum atomic E-state index is -3.55. The zero-order valence-electron chi connectivity index (χ0n) is 14.6. The Hall–Kier alpha value is -1.89. The number of rotatable bonds is 6. The molecular weight excluding hydrogens is 342 g/mol. The molecule has 1 heterocycles. The van der Waals surface area contributed by atoms with E-state index in [1.165, 1.54) is 6.07 Å². The Balaban J connectivity index is 2.22. The van der Waals surface area contributed by atoms with Gasteiger partial charge in [-0.05, 0) is 51.2 Å². The molecule has 0 saturated carbocycles. The molecule has 1 aromatic carbocycles. The first-order valence-electron chi connectivity index (χ1n) is 8.57. The van der Waals surface area contributed by atoms with Crippen LogP contribution in [0.4, 0.5) is 0 Å². The molecule has 1 aliphatic heterocycles. The maximum atomic E-state index is 12.9. The average molecular weight is 367 g/mol. The summed E-state index contributed by atoms with van der Waals surface area (Å²) in [5.41, 5.74) is 0.204. The highest BCUT2D eigenvalue weighted by molar-refractivity contribution is 7.92. The van der Waals surface area contributed by atoms with Gasteiger partial charge in [-0.2, -0.15) is 0 Å². The molecule has 1 atom stereocenters. The van der Waals surface area contributed by atoms with Crippen molar-refractivity contribution in [3.8, 4) is 0 Å². The molecule has 2 rings (SSSR count). The van der Waals surface area contributed by atoms with Crippen LogP contribution < -0.4 is 0 Å². The van der Waals surface area contributed by atoms with Gasteiger partial charge in [-0.15, -0.1) is 0 Å². The maximum absolute atomic E-state index is 12.9. The van der Waals surface area contributed by atoms with Crippen LogP contribution >= 0.6 is 0 Å². The van der Waals surface area contributed by atoms with Crippen LogP contribution in [-0.4, -0.2) is 48.6 Å². The van der Waals surface area contributed by atoms with Crippen LogP contribution in [0.1, 0.15) is 49.9 Å². The summed E-state index contributed by atoms with van der Waals surface area (Å²) in [5.74, 6) is -0.987. The van der Waals surface area contributed by atoms with E-state index in [1.807, 2.05) is 0 Å². The number of benzene rings is 1. The lowest BCUT2D eigenvalue weighted by atomic mass is 9.93. The molecule has 0 aromatic heterocycles. The highest BCUT2D eigenvalue weighted by Gasteiger charge is 2.30. The molecule has 0 aliphatic carbocycles. The summed E-state index contributed by atoms with van der Waals surface area (Å²) in [4.78, 5) is 25.4. The Bertz CT molecular complexity index is 742. The van der Waals surface area contributed by atoms with Crippen molar-refractivity contribution < 1.29 is 23.1 Å². The van der Waals surface area contributed by atoms with Crippen molar-refractivity contribution in [2.75, 3.05) is 13.1 Å². The summed E-state index contributed by atoms with van der Waals surface area (Å²) in [6, 6.07) is 6.32. The fourth-order valence-corrected chi connectivity index (χ4v) is 4.37. The Morgan fingerprint density at radius 3 is 2.60 bits per heavy atom. The van der Waals surface area contributed by atoms with Gasteiger partial charge in [0, 0.05) is 19.5 Å². The van der Waals surface area contributed by atoms with Crippen LogP contribution in [0.3, 0.4) is 0 Å². The van der Waals surface area contributed by atoms with Crippen LogP contribution in [0.5, 0.6) is 0 Å². The van der Waals surface area contributed by atoms with Crippen molar-refractivity contribution in [1.82, 2.24) is 4.90 Å². The van der Waals surface area contributed by atoms with Crippen molar-refractivity contribution in [2.24, 2.45) is 5.92 Å². The molecule has 0 radical (unpaired) electrons. The molecule has 7 heteroatoms. The van der Waals surface area contributed by atoms with Gasteiger partial charge in [0.25, 0.3) is 5.91 Å². The summed E-state index contributed by atoms with van der Waals surface area (Å²) in [7, 11) is -3.55. The molecule has 1 aromatic rings. The number of amides is 1. The topological polar surface area (TPSA) is 91.8 Å². The average Bonchev–Trinajstić information content (AvgIpc) is 2.59. The fourth-order valence-electron chi connectivity index (χ4n) is 3.13. The minimum Gasteiger partial charge on any atom is -0.481 e. The van der Waals surface area contributed by atoms with E-state index >= 15 is 0 Å². The number of sulfone groups is 1. The second-order valence-electron chi connectivity index (χ2n) is 6.78. The first-order chi connectivity index (χ1) is 11.7. The zero-order valence-corrected chi connectivity index (χ0v) is 15.5. The summed E-state index contributed by atoms with van der Waals surface area (Å²) in [6.45, 7) is 4.24. The number of nitrogens with zero attached hydrogens (tertiary/aromatic N) is 1. The third-order valence-electron chi connectivity index (χ3n) is 4.62. The zero-order chi connectivity index (χ0) is 18.6. The van der Waals surface area contributed by atoms with E-state index in [1.54, 1.807) is 36.9 Å². The molecule has 0 spiro atoms. The number of carbonyl (C=O) groups is 2. The van der Waals surface area contributed by atoms with E-state index in [9.17, 15) is 18.0 Å². The van der Waals surface area contributed by atoms with Gasteiger partial charge < -0.3 is 10.0 Å². The Morgan fingerprint density at radius 1 is 1.28 bits per heavy atom. The molecular formula is C18H25NO5S. The number of carboxylic acid groups (broad SMARTS) is 1. The normalized spacial score (nSPS) is 18.4. The first kappa shape index (κ1) is 19.4. The number of hydrogen-bond acceptors (Lipinski definition) is 4. The molecule has 1 saturated heterocycles. The molecule has 0 bridgehead atoms. The van der Waals surface area contributed by atoms with Crippen LogP contribution in [-0.2, 0) is 14.6 Å². The second kappa shape index (κ2) is 7.99. The summed E-state index contributed by atoms with van der Waals surface area (Å²) in [5, 5.41) is 8.22. The monoisotopic (exact) mass is 367 g/mol. The highest BCUT2D eigenvalue weighted by atomic mass is 32.2. The van der Waals surface area contributed by atoms with Gasteiger partial charge in [0.1, 0.15) is 0 Å². The predicted octanol–water partition coefficient (Wildman–Crippen LogP) is 2.59. The van der Waals surface area contributed by atoms with Gasteiger partial charge in [0.05, 0.1) is 15.7 Å². The number of likely N-dealkylation sites (tertiary alicyclic amines) is 1. The van der Waals surface area contributed by atoms with Crippen LogP contribution in [0.2, 0.25) is 0 Å². The van der Waals surface area contributed by atoms with E-state index in [0.29, 0.717) is 19.5 Å². The lowest BCUT2D eigenvalue weighted by Crippen LogP contribution is -2.40. The first-order valence-corrected chi connectivity index (χ1v) is 10.1. The van der Waals surface area contributed by atoms with Crippen molar-refractivity contribution in [1.29, 1.82) is 0 Å². The molecule has 138 valence electrons. The van der Waals surface area contributed by atoms with Crippen molar-refractivity contribution in [2.45, 2.75) is 49.7 Å². The third kappa shape index (κ3) is 4.60. The van der Waals surface area contributed by atoms with E-state index in [0.717, 1.165) is 12.8 Å². The van der Waals surface area contributed by atoms with E-state index < -0.39 is 21.1 Å². The van der Waals surface area contributed by atoms with Gasteiger partial charge in [-0.3, -0.25) is 9.59 Å². The lowest BCUT2D eigenvalue weighted by Gasteiger charge is -2.33. The van der Waals surface area contributed by atoms with E-state index in [-0.39, 0.29) is 28.7 Å². The van der Waals surface area contributed by atoms with Crippen molar-refractivity contribution in [3.05, 3.63) is 29.8 Å². The SMILES string of the molecule is CC(C)S(=O)(=O)c1ccccc1C(=O)N1CCCC(CCC(=O)O)C1. The fraction of sp³-hybridized carbons (Fsp3) is 0.556. The number of hydrogen-bond donors (Lipinski definition) is 1. The predicted molar refractivity (Wildman–Crippen MR) is 94.3 cm³/mol. The van der Waals surface area contributed by atoms with E-state index in [4.69, 9.17) is 5.11 Å². The quantitative estimate of drug-likeness (QED) is 0.834. The summed E-state index contributed by atoms with van der Waals surface area (Å²) in [6.07, 6.45) is 2.31. The van der Waals surface area contributed by atoms with Crippen LogP contribution in [0.15, 0.2) is 29.2 Å². The van der Waals surface area contributed by atoms with E-state index in [2.05, 4.69) is 0 Å². The van der Waals surface area contributed by atoms with Crippen molar-refractivity contribution in [3.63, 3.8) is 0 Å². The smallest absolute Gasteiger partial charge is 0.303 e. The Kier molecular flexibility index (Phi) is 6.21. The van der Waals surface area contributed by atoms with Gasteiger partial charge in [0.15, 0.2) is 9.84 Å². The largest absolute Gasteiger partial charge is 0.481 e. The van der Waals surface area contributed by atoms with Gasteiger partial charge in [-0.1, -0.05) is 12.1 Å². The van der Waals surface area contributed by atoms with Gasteiger partial charge in [0.2, 0.25) is 0 Å². The maximum Gasteiger partial charge on any atom is 0.303 e. The molecule has 1 N–H and O–H groups in total. The number of carboxylic acids is 1. The minimum absolute atomic E-state index is 0.0719.